The number of hydrogen-bond donors (Lipinski definition) is 0. The number of carbonyl (C=O) groups excluding carboxylic acids is 1. The van der Waals surface area contributed by atoms with Crippen LogP contribution in [0.3, 0.4) is 0 Å². The Morgan fingerprint density at radius 2 is 1.97 bits per heavy atom. The van der Waals surface area contributed by atoms with Crippen molar-refractivity contribution in [2.45, 2.75) is 19.1 Å². The highest BCUT2D eigenvalue weighted by atomic mass is 19.1. The third kappa shape index (κ3) is 4.21. The largest absolute Gasteiger partial charge is 0.379 e. The van der Waals surface area contributed by atoms with Crippen LogP contribution >= 0.6 is 0 Å². The molecule has 170 valence electrons. The molecule has 4 aromatic rings. The van der Waals surface area contributed by atoms with Gasteiger partial charge in [-0.1, -0.05) is 30.3 Å². The van der Waals surface area contributed by atoms with Crippen LogP contribution in [0.25, 0.3) is 22.0 Å². The first-order chi connectivity index (χ1) is 16.0. The zero-order valence-electron chi connectivity index (χ0n) is 18.7. The summed E-state index contributed by atoms with van der Waals surface area (Å²) in [7, 11) is 3.52. The molecule has 2 aromatic carbocycles. The summed E-state index contributed by atoms with van der Waals surface area (Å²) in [5, 5.41) is 4.60. The zero-order chi connectivity index (χ0) is 22.9. The smallest absolute Gasteiger partial charge is 0.165 e. The molecule has 3 heterocycles. The topological polar surface area (TPSA) is 58.3 Å². The number of fused-ring (bicyclic) bond motifs is 1. The first-order valence-corrected chi connectivity index (χ1v) is 11.0. The van der Waals surface area contributed by atoms with Crippen molar-refractivity contribution < 1.29 is 18.7 Å². The van der Waals surface area contributed by atoms with Crippen molar-refractivity contribution in [3.63, 3.8) is 0 Å². The van der Waals surface area contributed by atoms with Crippen LogP contribution in [0, 0.1) is 11.7 Å². The Labute approximate surface area is 191 Å². The minimum atomic E-state index is -0.382. The van der Waals surface area contributed by atoms with E-state index in [9.17, 15) is 9.18 Å². The van der Waals surface area contributed by atoms with Gasteiger partial charge < -0.3 is 14.0 Å². The molecule has 1 aliphatic rings. The van der Waals surface area contributed by atoms with E-state index in [1.807, 2.05) is 42.2 Å². The highest BCUT2D eigenvalue weighted by Gasteiger charge is 2.31. The Kier molecular flexibility index (Phi) is 5.83. The molecule has 6 nitrogen and oxygen atoms in total. The zero-order valence-corrected chi connectivity index (χ0v) is 18.7. The molecule has 7 heteroatoms. The van der Waals surface area contributed by atoms with Crippen molar-refractivity contribution in [1.82, 2.24) is 14.3 Å². The molecular weight excluding hydrogens is 421 g/mol. The van der Waals surface area contributed by atoms with Crippen molar-refractivity contribution in [3.05, 3.63) is 78.0 Å². The van der Waals surface area contributed by atoms with Crippen molar-refractivity contribution >= 4 is 16.7 Å². The van der Waals surface area contributed by atoms with Gasteiger partial charge in [0.2, 0.25) is 0 Å². The van der Waals surface area contributed by atoms with Gasteiger partial charge in [-0.05, 0) is 23.3 Å². The minimum absolute atomic E-state index is 0.0207. The molecule has 2 atom stereocenters. The van der Waals surface area contributed by atoms with Crippen molar-refractivity contribution in [2.24, 2.45) is 13.0 Å². The van der Waals surface area contributed by atoms with Crippen molar-refractivity contribution in [2.75, 3.05) is 20.3 Å². The Morgan fingerprint density at radius 3 is 2.70 bits per heavy atom. The lowest BCUT2D eigenvalue weighted by molar-refractivity contribution is 0.0618. The Bertz CT molecular complexity index is 1290. The molecule has 1 fully saturated rings. The Hall–Kier alpha value is -3.29. The van der Waals surface area contributed by atoms with Crippen LogP contribution in [0.4, 0.5) is 4.39 Å². The summed E-state index contributed by atoms with van der Waals surface area (Å²) in [5.74, 6) is -0.492. The number of benzene rings is 2. The summed E-state index contributed by atoms with van der Waals surface area (Å²) >= 11 is 0. The highest BCUT2D eigenvalue weighted by molar-refractivity contribution is 6.08. The van der Waals surface area contributed by atoms with Crippen LogP contribution in [-0.2, 0) is 23.1 Å². The van der Waals surface area contributed by atoms with Gasteiger partial charge in [-0.15, -0.1) is 0 Å². The number of hydrogen-bond acceptors (Lipinski definition) is 4. The quantitative estimate of drug-likeness (QED) is 0.393. The normalized spacial score (nSPS) is 18.3. The van der Waals surface area contributed by atoms with Crippen LogP contribution in [0.15, 0.2) is 61.1 Å². The summed E-state index contributed by atoms with van der Waals surface area (Å²) in [5.41, 5.74) is 4.32. The molecule has 0 spiro atoms. The summed E-state index contributed by atoms with van der Waals surface area (Å²) in [4.78, 5) is 13.2. The van der Waals surface area contributed by atoms with Gasteiger partial charge in [0.05, 0.1) is 31.0 Å². The van der Waals surface area contributed by atoms with E-state index >= 15 is 0 Å². The lowest BCUT2D eigenvalue weighted by Crippen LogP contribution is -2.23. The third-order valence-electron chi connectivity index (χ3n) is 6.39. The number of aromatic nitrogens is 3. The SMILES string of the molecule is CO[C@H]1COC[C@@H]1CC(=O)c1cn(Cc2ccc(-c3cnn(C)c3)cc2)c2cccc(F)c12. The maximum Gasteiger partial charge on any atom is 0.165 e. The molecule has 0 amide bonds. The van der Waals surface area contributed by atoms with Gasteiger partial charge in [-0.25, -0.2) is 4.39 Å². The number of rotatable bonds is 7. The van der Waals surface area contributed by atoms with E-state index in [0.29, 0.717) is 36.2 Å². The highest BCUT2D eigenvalue weighted by Crippen LogP contribution is 2.29. The van der Waals surface area contributed by atoms with Crippen LogP contribution < -0.4 is 0 Å². The molecule has 0 unspecified atom stereocenters. The fourth-order valence-electron chi connectivity index (χ4n) is 4.60. The first-order valence-electron chi connectivity index (χ1n) is 11.0. The number of ketones is 1. The van der Waals surface area contributed by atoms with Gasteiger partial charge in [0.25, 0.3) is 0 Å². The maximum absolute atomic E-state index is 14.8. The molecule has 0 bridgehead atoms. The molecule has 1 saturated heterocycles. The summed E-state index contributed by atoms with van der Waals surface area (Å²) in [6, 6.07) is 13.1. The average Bonchev–Trinajstić information content (AvgIpc) is 3.54. The molecule has 1 aliphatic heterocycles. The lowest BCUT2D eigenvalue weighted by Gasteiger charge is -2.14. The van der Waals surface area contributed by atoms with Gasteiger partial charge >= 0.3 is 0 Å². The van der Waals surface area contributed by atoms with Gasteiger partial charge in [0.1, 0.15) is 5.82 Å². The summed E-state index contributed by atoms with van der Waals surface area (Å²) < 4.78 is 29.5. The summed E-state index contributed by atoms with van der Waals surface area (Å²) in [6.07, 6.45) is 5.75. The number of aryl methyl sites for hydroxylation is 1. The van der Waals surface area contributed by atoms with Gasteiger partial charge in [-0.2, -0.15) is 5.10 Å². The van der Waals surface area contributed by atoms with Gasteiger partial charge in [-0.3, -0.25) is 9.48 Å². The maximum atomic E-state index is 14.8. The standard InChI is InChI=1S/C26H26FN3O3/c1-29-13-20(11-28-29)18-8-6-17(7-9-18)12-30-14-21(26-22(27)4-3-5-23(26)30)24(31)10-19-15-33-16-25(19)32-2/h3-9,11,13-14,19,25H,10,12,15-16H2,1-2H3/t19-,25-/m0/s1. The van der Waals surface area contributed by atoms with Crippen molar-refractivity contribution in [3.8, 4) is 11.1 Å². The average molecular weight is 448 g/mol. The lowest BCUT2D eigenvalue weighted by atomic mass is 9.95. The number of carbonyl (C=O) groups is 1. The van der Waals surface area contributed by atoms with E-state index < -0.39 is 0 Å². The number of Topliss-reactive ketones (excluding diaryl/α,β-unsaturated/α-hetero) is 1. The van der Waals surface area contributed by atoms with E-state index in [2.05, 4.69) is 17.2 Å². The van der Waals surface area contributed by atoms with Gasteiger partial charge in [0.15, 0.2) is 5.78 Å². The molecular formula is C26H26FN3O3. The fraction of sp³-hybridized carbons (Fsp3) is 0.308. The second kappa shape index (κ2) is 8.92. The second-order valence-electron chi connectivity index (χ2n) is 8.60. The molecule has 0 N–H and O–H groups in total. The van der Waals surface area contributed by atoms with Crippen LogP contribution in [0.2, 0.25) is 0 Å². The molecule has 0 aliphatic carbocycles. The number of methoxy groups -OCH3 is 1. The minimum Gasteiger partial charge on any atom is -0.379 e. The van der Waals surface area contributed by atoms with Crippen molar-refractivity contribution in [1.29, 1.82) is 0 Å². The first kappa shape index (κ1) is 21.6. The molecule has 2 aromatic heterocycles. The van der Waals surface area contributed by atoms with E-state index in [-0.39, 0.29) is 30.0 Å². The third-order valence-corrected chi connectivity index (χ3v) is 6.39. The summed E-state index contributed by atoms with van der Waals surface area (Å²) in [6.45, 7) is 1.50. The van der Waals surface area contributed by atoms with E-state index in [4.69, 9.17) is 9.47 Å². The van der Waals surface area contributed by atoms with E-state index in [1.54, 1.807) is 24.1 Å². The van der Waals surface area contributed by atoms with Gasteiger partial charge in [0, 0.05) is 61.9 Å². The monoisotopic (exact) mass is 447 g/mol. The van der Waals surface area contributed by atoms with E-state index in [1.165, 1.54) is 6.07 Å². The molecule has 33 heavy (non-hydrogen) atoms. The Balaban J connectivity index is 1.43. The molecule has 0 radical (unpaired) electrons. The van der Waals surface area contributed by atoms with E-state index in [0.717, 1.165) is 16.7 Å². The number of halogens is 1. The fourth-order valence-corrected chi connectivity index (χ4v) is 4.60. The predicted molar refractivity (Wildman–Crippen MR) is 124 cm³/mol. The number of nitrogens with zero attached hydrogens (tertiary/aromatic N) is 3. The van der Waals surface area contributed by atoms with Crippen LogP contribution in [-0.4, -0.2) is 46.6 Å². The predicted octanol–water partition coefficient (Wildman–Crippen LogP) is 4.46. The van der Waals surface area contributed by atoms with Crippen LogP contribution in [0.5, 0.6) is 0 Å². The second-order valence-corrected chi connectivity index (χ2v) is 8.60. The molecule has 0 saturated carbocycles. The number of ether oxygens (including phenoxy) is 2. The van der Waals surface area contributed by atoms with Crippen LogP contribution in [0.1, 0.15) is 22.3 Å². The Morgan fingerprint density at radius 1 is 1.15 bits per heavy atom. The molecule has 5 rings (SSSR count).